The van der Waals surface area contributed by atoms with Gasteiger partial charge in [-0.15, -0.1) is 0 Å². The van der Waals surface area contributed by atoms with E-state index in [0.717, 1.165) is 10.2 Å². The van der Waals surface area contributed by atoms with Crippen LogP contribution in [0, 0.1) is 0 Å². The van der Waals surface area contributed by atoms with E-state index in [2.05, 4.69) is 31.0 Å². The highest BCUT2D eigenvalue weighted by molar-refractivity contribution is 9.10. The van der Waals surface area contributed by atoms with E-state index in [-0.39, 0.29) is 0 Å². The van der Waals surface area contributed by atoms with Crippen molar-refractivity contribution in [3.8, 4) is 5.95 Å². The number of nitrogens with zero attached hydrogens (tertiary/aromatic N) is 4. The van der Waals surface area contributed by atoms with Crippen LogP contribution in [-0.2, 0) is 0 Å². The first kappa shape index (κ1) is 9.77. The Labute approximate surface area is 101 Å². The molecule has 82 valence electrons. The number of halogens is 1. The van der Waals surface area contributed by atoms with Crippen molar-refractivity contribution in [1.82, 2.24) is 19.7 Å². The molecule has 1 aliphatic carbocycles. The zero-order valence-corrected chi connectivity index (χ0v) is 10.1. The highest BCUT2D eigenvalue weighted by Gasteiger charge is 2.29. The molecule has 2 aromatic rings. The fourth-order valence-corrected chi connectivity index (χ4v) is 2.09. The van der Waals surface area contributed by atoms with Crippen molar-refractivity contribution in [2.24, 2.45) is 0 Å². The SMILES string of the molecule is Nc1nc(-n2cccn2)nc(C2CC2)c1Br. The molecule has 1 fully saturated rings. The molecular formula is C10H10BrN5. The van der Waals surface area contributed by atoms with Crippen LogP contribution in [0.2, 0.25) is 0 Å². The zero-order valence-electron chi connectivity index (χ0n) is 8.47. The van der Waals surface area contributed by atoms with E-state index in [1.54, 1.807) is 17.1 Å². The van der Waals surface area contributed by atoms with Gasteiger partial charge in [0.05, 0.1) is 10.2 Å². The molecule has 1 aliphatic rings. The number of nitrogen functional groups attached to an aromatic ring is 1. The number of nitrogens with two attached hydrogens (primary N) is 1. The molecule has 16 heavy (non-hydrogen) atoms. The molecule has 2 aromatic heterocycles. The third-order valence-corrected chi connectivity index (χ3v) is 3.38. The van der Waals surface area contributed by atoms with Gasteiger partial charge in [-0.05, 0) is 34.8 Å². The molecule has 0 aliphatic heterocycles. The topological polar surface area (TPSA) is 69.6 Å². The lowest BCUT2D eigenvalue weighted by Gasteiger charge is -2.07. The Kier molecular flexibility index (Phi) is 2.17. The van der Waals surface area contributed by atoms with Gasteiger partial charge in [0.25, 0.3) is 5.95 Å². The van der Waals surface area contributed by atoms with Crippen molar-refractivity contribution in [2.75, 3.05) is 5.73 Å². The minimum atomic E-state index is 0.474. The Balaban J connectivity index is 2.13. The summed E-state index contributed by atoms with van der Waals surface area (Å²) in [6.07, 6.45) is 5.85. The minimum Gasteiger partial charge on any atom is -0.383 e. The lowest BCUT2D eigenvalue weighted by molar-refractivity contribution is 0.791. The summed E-state index contributed by atoms with van der Waals surface area (Å²) in [5.74, 6) is 1.53. The molecule has 0 radical (unpaired) electrons. The van der Waals surface area contributed by atoms with Crippen LogP contribution in [0.15, 0.2) is 22.9 Å². The molecule has 0 bridgehead atoms. The molecule has 0 aromatic carbocycles. The first-order chi connectivity index (χ1) is 7.75. The Bertz CT molecular complexity index is 518. The summed E-state index contributed by atoms with van der Waals surface area (Å²) in [7, 11) is 0. The van der Waals surface area contributed by atoms with Gasteiger partial charge in [-0.2, -0.15) is 10.1 Å². The highest BCUT2D eigenvalue weighted by atomic mass is 79.9. The summed E-state index contributed by atoms with van der Waals surface area (Å²) in [6.45, 7) is 0. The second kappa shape index (κ2) is 3.55. The molecule has 2 N–H and O–H groups in total. The lowest BCUT2D eigenvalue weighted by Crippen LogP contribution is -2.07. The van der Waals surface area contributed by atoms with Gasteiger partial charge in [0.2, 0.25) is 0 Å². The van der Waals surface area contributed by atoms with Crippen LogP contribution in [0.5, 0.6) is 0 Å². The molecule has 0 saturated heterocycles. The molecule has 2 heterocycles. The van der Waals surface area contributed by atoms with E-state index >= 15 is 0 Å². The second-order valence-corrected chi connectivity index (χ2v) is 4.63. The monoisotopic (exact) mass is 279 g/mol. The zero-order chi connectivity index (χ0) is 11.1. The summed E-state index contributed by atoms with van der Waals surface area (Å²) in [5.41, 5.74) is 6.85. The van der Waals surface area contributed by atoms with Gasteiger partial charge >= 0.3 is 0 Å². The number of hydrogen-bond donors (Lipinski definition) is 1. The minimum absolute atomic E-state index is 0.474. The van der Waals surface area contributed by atoms with Gasteiger partial charge in [0.1, 0.15) is 5.82 Å². The fraction of sp³-hybridized carbons (Fsp3) is 0.300. The first-order valence-corrected chi connectivity index (χ1v) is 5.88. The van der Waals surface area contributed by atoms with Crippen LogP contribution in [-0.4, -0.2) is 19.7 Å². The lowest BCUT2D eigenvalue weighted by atomic mass is 10.3. The van der Waals surface area contributed by atoms with Crippen LogP contribution in [0.1, 0.15) is 24.5 Å². The van der Waals surface area contributed by atoms with Crippen molar-refractivity contribution in [1.29, 1.82) is 0 Å². The van der Waals surface area contributed by atoms with Crippen molar-refractivity contribution >= 4 is 21.7 Å². The predicted molar refractivity (Wildman–Crippen MR) is 63.2 cm³/mol. The normalized spacial score (nSPS) is 15.3. The molecule has 6 heteroatoms. The van der Waals surface area contributed by atoms with E-state index in [9.17, 15) is 0 Å². The molecule has 3 rings (SSSR count). The average molecular weight is 280 g/mol. The van der Waals surface area contributed by atoms with Gasteiger partial charge in [-0.25, -0.2) is 9.67 Å². The van der Waals surface area contributed by atoms with E-state index in [1.807, 2.05) is 6.07 Å². The van der Waals surface area contributed by atoms with Crippen molar-refractivity contribution in [3.05, 3.63) is 28.6 Å². The Hall–Kier alpha value is -1.43. The standard InChI is InChI=1S/C10H10BrN5/c11-7-8(6-2-3-6)14-10(15-9(7)12)16-5-1-4-13-16/h1,4-6H,2-3H2,(H2,12,14,15). The fourth-order valence-electron chi connectivity index (χ4n) is 1.59. The maximum absolute atomic E-state index is 5.85. The van der Waals surface area contributed by atoms with E-state index in [0.29, 0.717) is 17.7 Å². The van der Waals surface area contributed by atoms with Crippen LogP contribution < -0.4 is 5.73 Å². The summed E-state index contributed by atoms with van der Waals surface area (Å²) >= 11 is 3.44. The quantitative estimate of drug-likeness (QED) is 0.911. The summed E-state index contributed by atoms with van der Waals surface area (Å²) < 4.78 is 2.44. The molecule has 0 atom stereocenters. The Morgan fingerprint density at radius 1 is 1.38 bits per heavy atom. The van der Waals surface area contributed by atoms with Crippen molar-refractivity contribution in [2.45, 2.75) is 18.8 Å². The summed E-state index contributed by atoms with van der Waals surface area (Å²) in [4.78, 5) is 8.71. The number of anilines is 1. The van der Waals surface area contributed by atoms with Gasteiger partial charge in [0.15, 0.2) is 0 Å². The van der Waals surface area contributed by atoms with E-state index in [4.69, 9.17) is 5.73 Å². The summed E-state index contributed by atoms with van der Waals surface area (Å²) in [6, 6.07) is 1.83. The van der Waals surface area contributed by atoms with Crippen molar-refractivity contribution in [3.63, 3.8) is 0 Å². The summed E-state index contributed by atoms with van der Waals surface area (Å²) in [5, 5.41) is 4.10. The number of rotatable bonds is 2. The smallest absolute Gasteiger partial charge is 0.252 e. The molecule has 0 spiro atoms. The number of hydrogen-bond acceptors (Lipinski definition) is 4. The maximum atomic E-state index is 5.85. The van der Waals surface area contributed by atoms with Gasteiger partial charge in [-0.1, -0.05) is 0 Å². The average Bonchev–Trinajstić information content (AvgIpc) is 2.96. The molecule has 0 amide bonds. The largest absolute Gasteiger partial charge is 0.383 e. The number of aromatic nitrogens is 4. The maximum Gasteiger partial charge on any atom is 0.252 e. The Morgan fingerprint density at radius 2 is 2.19 bits per heavy atom. The first-order valence-electron chi connectivity index (χ1n) is 5.08. The highest BCUT2D eigenvalue weighted by Crippen LogP contribution is 2.43. The molecule has 0 unspecified atom stereocenters. The third kappa shape index (κ3) is 1.59. The molecular weight excluding hydrogens is 270 g/mol. The molecule has 1 saturated carbocycles. The van der Waals surface area contributed by atoms with Crippen LogP contribution in [0.3, 0.4) is 0 Å². The molecule has 5 nitrogen and oxygen atoms in total. The van der Waals surface area contributed by atoms with Gasteiger partial charge in [0, 0.05) is 18.3 Å². The van der Waals surface area contributed by atoms with E-state index in [1.165, 1.54) is 12.8 Å². The van der Waals surface area contributed by atoms with Gasteiger partial charge in [-0.3, -0.25) is 0 Å². The van der Waals surface area contributed by atoms with Crippen molar-refractivity contribution < 1.29 is 0 Å². The van der Waals surface area contributed by atoms with Crippen LogP contribution >= 0.6 is 15.9 Å². The van der Waals surface area contributed by atoms with Crippen LogP contribution in [0.4, 0.5) is 5.82 Å². The van der Waals surface area contributed by atoms with E-state index < -0.39 is 0 Å². The third-order valence-electron chi connectivity index (χ3n) is 2.56. The predicted octanol–water partition coefficient (Wildman–Crippen LogP) is 1.88. The second-order valence-electron chi connectivity index (χ2n) is 3.83. The van der Waals surface area contributed by atoms with Gasteiger partial charge < -0.3 is 5.73 Å². The Morgan fingerprint density at radius 3 is 2.81 bits per heavy atom. The van der Waals surface area contributed by atoms with Crippen LogP contribution in [0.25, 0.3) is 5.95 Å².